The van der Waals surface area contributed by atoms with Crippen LogP contribution in [0, 0.1) is 12.7 Å². The molecule has 100 valence electrons. The molecule has 19 heavy (non-hydrogen) atoms. The number of hydrogen-bond donors (Lipinski definition) is 0. The summed E-state index contributed by atoms with van der Waals surface area (Å²) in [4.78, 5) is 0. The highest BCUT2D eigenvalue weighted by molar-refractivity contribution is 5.66. The zero-order valence-corrected chi connectivity index (χ0v) is 9.96. The number of rotatable bonds is 2. The highest BCUT2D eigenvalue weighted by Crippen LogP contribution is 2.30. The molecule has 2 aromatic rings. The lowest BCUT2D eigenvalue weighted by atomic mass is 10.0. The molecule has 2 rings (SSSR count). The van der Waals surface area contributed by atoms with Gasteiger partial charge in [0.05, 0.1) is 0 Å². The van der Waals surface area contributed by atoms with Gasteiger partial charge in [-0.2, -0.15) is 0 Å². The molecule has 0 aliphatic heterocycles. The second-order valence-electron chi connectivity index (χ2n) is 4.01. The van der Waals surface area contributed by atoms with Crippen LogP contribution in [-0.4, -0.2) is 6.36 Å². The van der Waals surface area contributed by atoms with E-state index >= 15 is 0 Å². The molecule has 0 amide bonds. The summed E-state index contributed by atoms with van der Waals surface area (Å²) in [5.74, 6) is -0.822. The summed E-state index contributed by atoms with van der Waals surface area (Å²) >= 11 is 0. The topological polar surface area (TPSA) is 9.23 Å². The van der Waals surface area contributed by atoms with Crippen molar-refractivity contribution in [2.75, 3.05) is 0 Å². The second kappa shape index (κ2) is 4.91. The van der Waals surface area contributed by atoms with Crippen molar-refractivity contribution in [2.45, 2.75) is 13.3 Å². The highest BCUT2D eigenvalue weighted by atomic mass is 19.4. The van der Waals surface area contributed by atoms with Crippen molar-refractivity contribution in [1.82, 2.24) is 0 Å². The molecule has 5 heteroatoms. The Morgan fingerprint density at radius 2 is 1.68 bits per heavy atom. The summed E-state index contributed by atoms with van der Waals surface area (Å²) < 4.78 is 54.1. The largest absolute Gasteiger partial charge is 0.573 e. The first-order valence-corrected chi connectivity index (χ1v) is 5.48. The van der Waals surface area contributed by atoms with E-state index < -0.39 is 12.2 Å². The molecule has 0 fully saturated rings. The molecule has 2 aromatic carbocycles. The highest BCUT2D eigenvalue weighted by Gasteiger charge is 2.31. The standard InChI is InChI=1S/C14H10F4O/c1-9-4-2-7-12(13(9)15)10-5-3-6-11(8-10)19-14(16,17)18/h2-8H,1H3. The molecule has 0 saturated heterocycles. The van der Waals surface area contributed by atoms with Crippen LogP contribution in [0.15, 0.2) is 42.5 Å². The first-order chi connectivity index (χ1) is 8.87. The average Bonchev–Trinajstić information content (AvgIpc) is 2.31. The van der Waals surface area contributed by atoms with Gasteiger partial charge in [-0.05, 0) is 30.2 Å². The minimum absolute atomic E-state index is 0.243. The maximum absolute atomic E-state index is 13.9. The molecular weight excluding hydrogens is 260 g/mol. The van der Waals surface area contributed by atoms with E-state index in [1.165, 1.54) is 24.3 Å². The van der Waals surface area contributed by atoms with Crippen LogP contribution in [0.2, 0.25) is 0 Å². The quantitative estimate of drug-likeness (QED) is 0.719. The van der Waals surface area contributed by atoms with Crippen LogP contribution in [0.4, 0.5) is 17.6 Å². The van der Waals surface area contributed by atoms with Gasteiger partial charge in [0.1, 0.15) is 11.6 Å². The van der Waals surface area contributed by atoms with Crippen LogP contribution >= 0.6 is 0 Å². The van der Waals surface area contributed by atoms with Crippen LogP contribution in [-0.2, 0) is 0 Å². The molecule has 0 unspecified atom stereocenters. The van der Waals surface area contributed by atoms with Crippen LogP contribution in [0.1, 0.15) is 5.56 Å². The van der Waals surface area contributed by atoms with Gasteiger partial charge >= 0.3 is 6.36 Å². The minimum Gasteiger partial charge on any atom is -0.406 e. The number of halogens is 4. The average molecular weight is 270 g/mol. The van der Waals surface area contributed by atoms with E-state index in [4.69, 9.17) is 0 Å². The Bertz CT molecular complexity index is 590. The fraction of sp³-hybridized carbons (Fsp3) is 0.143. The second-order valence-corrected chi connectivity index (χ2v) is 4.01. The van der Waals surface area contributed by atoms with Crippen molar-refractivity contribution in [3.8, 4) is 16.9 Å². The molecule has 0 saturated carbocycles. The predicted octanol–water partition coefficient (Wildman–Crippen LogP) is 4.70. The van der Waals surface area contributed by atoms with Crippen molar-refractivity contribution < 1.29 is 22.3 Å². The van der Waals surface area contributed by atoms with E-state index in [9.17, 15) is 17.6 Å². The van der Waals surface area contributed by atoms with Gasteiger partial charge in [0.2, 0.25) is 0 Å². The lowest BCUT2D eigenvalue weighted by Crippen LogP contribution is -2.17. The van der Waals surface area contributed by atoms with Gasteiger partial charge in [0, 0.05) is 5.56 Å². The Balaban J connectivity index is 2.41. The fourth-order valence-corrected chi connectivity index (χ4v) is 1.73. The van der Waals surface area contributed by atoms with Crippen molar-refractivity contribution in [3.63, 3.8) is 0 Å². The summed E-state index contributed by atoms with van der Waals surface area (Å²) in [5, 5.41) is 0. The summed E-state index contributed by atoms with van der Waals surface area (Å²) in [5.41, 5.74) is 1.01. The zero-order chi connectivity index (χ0) is 14.0. The zero-order valence-electron chi connectivity index (χ0n) is 9.96. The SMILES string of the molecule is Cc1cccc(-c2cccc(OC(F)(F)F)c2)c1F. The minimum atomic E-state index is -4.76. The van der Waals surface area contributed by atoms with Crippen LogP contribution < -0.4 is 4.74 Å². The van der Waals surface area contributed by atoms with Gasteiger partial charge in [0.15, 0.2) is 0 Å². The molecular formula is C14H10F4O. The number of benzene rings is 2. The van der Waals surface area contributed by atoms with Gasteiger partial charge in [0.25, 0.3) is 0 Å². The van der Waals surface area contributed by atoms with Gasteiger partial charge in [-0.15, -0.1) is 13.2 Å². The van der Waals surface area contributed by atoms with Crippen molar-refractivity contribution >= 4 is 0 Å². The molecule has 0 radical (unpaired) electrons. The predicted molar refractivity (Wildman–Crippen MR) is 63.3 cm³/mol. The summed E-state index contributed by atoms with van der Waals surface area (Å²) in [7, 11) is 0. The Morgan fingerprint density at radius 1 is 1.00 bits per heavy atom. The summed E-state index contributed by atoms with van der Waals surface area (Å²) in [6, 6.07) is 9.99. The maximum atomic E-state index is 13.9. The molecule has 0 aromatic heterocycles. The third kappa shape index (κ3) is 3.24. The van der Waals surface area contributed by atoms with Gasteiger partial charge in [-0.1, -0.05) is 30.3 Å². The van der Waals surface area contributed by atoms with Gasteiger partial charge in [-0.25, -0.2) is 4.39 Å². The Labute approximate surface area is 107 Å². The van der Waals surface area contributed by atoms with Crippen molar-refractivity contribution in [2.24, 2.45) is 0 Å². The Kier molecular flexibility index (Phi) is 3.46. The van der Waals surface area contributed by atoms with Gasteiger partial charge in [-0.3, -0.25) is 0 Å². The Morgan fingerprint density at radius 3 is 2.37 bits per heavy atom. The first kappa shape index (κ1) is 13.4. The number of ether oxygens (including phenoxy) is 1. The van der Waals surface area contributed by atoms with E-state index in [0.717, 1.165) is 6.07 Å². The maximum Gasteiger partial charge on any atom is 0.573 e. The number of alkyl halides is 3. The number of aryl methyl sites for hydroxylation is 1. The number of hydrogen-bond acceptors (Lipinski definition) is 1. The smallest absolute Gasteiger partial charge is 0.406 e. The normalized spacial score (nSPS) is 11.4. The van der Waals surface area contributed by atoms with E-state index in [1.54, 1.807) is 19.1 Å². The van der Waals surface area contributed by atoms with Crippen LogP contribution in [0.25, 0.3) is 11.1 Å². The lowest BCUT2D eigenvalue weighted by Gasteiger charge is -2.11. The third-order valence-corrected chi connectivity index (χ3v) is 2.57. The van der Waals surface area contributed by atoms with Crippen LogP contribution in [0.3, 0.4) is 0 Å². The molecule has 0 spiro atoms. The van der Waals surface area contributed by atoms with E-state index in [-0.39, 0.29) is 11.3 Å². The summed E-state index contributed by atoms with van der Waals surface area (Å²) in [6.07, 6.45) is -4.76. The van der Waals surface area contributed by atoms with Crippen molar-refractivity contribution in [1.29, 1.82) is 0 Å². The van der Waals surface area contributed by atoms with E-state index in [0.29, 0.717) is 11.1 Å². The lowest BCUT2D eigenvalue weighted by molar-refractivity contribution is -0.274. The Hall–Kier alpha value is -2.04. The molecule has 1 nitrogen and oxygen atoms in total. The molecule has 0 heterocycles. The van der Waals surface area contributed by atoms with Crippen molar-refractivity contribution in [3.05, 3.63) is 53.8 Å². The van der Waals surface area contributed by atoms with Gasteiger partial charge < -0.3 is 4.74 Å². The fourth-order valence-electron chi connectivity index (χ4n) is 1.73. The van der Waals surface area contributed by atoms with E-state index in [2.05, 4.69) is 4.74 Å². The first-order valence-electron chi connectivity index (χ1n) is 5.48. The molecule has 0 N–H and O–H groups in total. The molecule has 0 atom stereocenters. The molecule has 0 aliphatic carbocycles. The third-order valence-electron chi connectivity index (χ3n) is 2.57. The molecule has 0 bridgehead atoms. The molecule has 0 aliphatic rings. The monoisotopic (exact) mass is 270 g/mol. The van der Waals surface area contributed by atoms with Crippen LogP contribution in [0.5, 0.6) is 5.75 Å². The summed E-state index contributed by atoms with van der Waals surface area (Å²) in [6.45, 7) is 1.59. The van der Waals surface area contributed by atoms with E-state index in [1.807, 2.05) is 0 Å².